The summed E-state index contributed by atoms with van der Waals surface area (Å²) in [5, 5.41) is 0. The predicted octanol–water partition coefficient (Wildman–Crippen LogP) is 2.09. The molecule has 0 aromatic carbocycles. The maximum Gasteiger partial charge on any atom is 0.411 e. The molecule has 3 nitrogen and oxygen atoms in total. The van der Waals surface area contributed by atoms with E-state index in [4.69, 9.17) is 4.74 Å². The van der Waals surface area contributed by atoms with Crippen molar-refractivity contribution in [2.75, 3.05) is 12.3 Å². The standard InChI is InChI=1S/C10H17NO2S/c1-10(2,3)13-9(12)11-6-4-5-8(11)7-14/h4-5,8,14H,6-7H2,1-3H3. The minimum Gasteiger partial charge on any atom is -0.444 e. The number of hydrogen-bond donors (Lipinski definition) is 1. The molecular formula is C10H17NO2S. The summed E-state index contributed by atoms with van der Waals surface area (Å²) in [5.41, 5.74) is -0.430. The average Bonchev–Trinajstić information content (AvgIpc) is 2.47. The number of ether oxygens (including phenoxy) is 1. The lowest BCUT2D eigenvalue weighted by Gasteiger charge is -2.27. The second kappa shape index (κ2) is 4.26. The van der Waals surface area contributed by atoms with Gasteiger partial charge in [0.25, 0.3) is 0 Å². The molecule has 0 saturated carbocycles. The number of carbonyl (C=O) groups excluding carboxylic acids is 1. The van der Waals surface area contributed by atoms with Crippen LogP contribution in [0.15, 0.2) is 12.2 Å². The van der Waals surface area contributed by atoms with Gasteiger partial charge in [0, 0.05) is 12.3 Å². The molecule has 1 aliphatic heterocycles. The van der Waals surface area contributed by atoms with Gasteiger partial charge in [-0.05, 0) is 20.8 Å². The van der Waals surface area contributed by atoms with Gasteiger partial charge in [-0.3, -0.25) is 4.90 Å². The van der Waals surface area contributed by atoms with Crippen LogP contribution in [0.4, 0.5) is 4.79 Å². The van der Waals surface area contributed by atoms with Crippen LogP contribution in [-0.2, 0) is 4.74 Å². The Labute approximate surface area is 90.5 Å². The summed E-state index contributed by atoms with van der Waals surface area (Å²) in [6, 6.07) is 0.0770. The first-order chi connectivity index (χ1) is 6.44. The zero-order chi connectivity index (χ0) is 10.8. The first kappa shape index (κ1) is 11.4. The Bertz CT molecular complexity index is 245. The molecule has 0 aromatic rings. The van der Waals surface area contributed by atoms with E-state index < -0.39 is 5.60 Å². The third-order valence-electron chi connectivity index (χ3n) is 1.88. The van der Waals surface area contributed by atoms with Crippen LogP contribution in [0.5, 0.6) is 0 Å². The molecule has 0 saturated heterocycles. The second-order valence-electron chi connectivity index (χ2n) is 4.31. The largest absolute Gasteiger partial charge is 0.444 e. The van der Waals surface area contributed by atoms with Crippen molar-refractivity contribution >= 4 is 18.7 Å². The number of rotatable bonds is 1. The minimum atomic E-state index is -0.430. The zero-order valence-corrected chi connectivity index (χ0v) is 9.75. The Kier molecular flexibility index (Phi) is 3.48. The summed E-state index contributed by atoms with van der Waals surface area (Å²) in [6.07, 6.45) is 3.68. The fraction of sp³-hybridized carbons (Fsp3) is 0.700. The van der Waals surface area contributed by atoms with E-state index in [2.05, 4.69) is 12.6 Å². The summed E-state index contributed by atoms with van der Waals surface area (Å²) in [6.45, 7) is 6.22. The Balaban J connectivity index is 2.54. The van der Waals surface area contributed by atoms with Gasteiger partial charge in [-0.15, -0.1) is 0 Å². The zero-order valence-electron chi connectivity index (χ0n) is 8.86. The maximum atomic E-state index is 11.7. The maximum absolute atomic E-state index is 11.7. The molecule has 0 spiro atoms. The van der Waals surface area contributed by atoms with Gasteiger partial charge in [-0.25, -0.2) is 4.79 Å². The predicted molar refractivity (Wildman–Crippen MR) is 59.7 cm³/mol. The minimum absolute atomic E-state index is 0.0770. The monoisotopic (exact) mass is 215 g/mol. The molecule has 0 radical (unpaired) electrons. The second-order valence-corrected chi connectivity index (χ2v) is 4.68. The van der Waals surface area contributed by atoms with Crippen LogP contribution in [0.25, 0.3) is 0 Å². The lowest BCUT2D eigenvalue weighted by molar-refractivity contribution is 0.0256. The van der Waals surface area contributed by atoms with Crippen molar-refractivity contribution in [3.8, 4) is 0 Å². The number of thiol groups is 1. The lowest BCUT2D eigenvalue weighted by Crippen LogP contribution is -2.40. The van der Waals surface area contributed by atoms with E-state index in [1.165, 1.54) is 0 Å². The highest BCUT2D eigenvalue weighted by molar-refractivity contribution is 7.80. The van der Waals surface area contributed by atoms with Gasteiger partial charge in [0.1, 0.15) is 5.60 Å². The van der Waals surface area contributed by atoms with Crippen molar-refractivity contribution in [1.82, 2.24) is 4.90 Å². The molecule has 4 heteroatoms. The third kappa shape index (κ3) is 2.94. The Morgan fingerprint density at radius 1 is 1.64 bits per heavy atom. The first-order valence-corrected chi connectivity index (χ1v) is 5.34. The molecule has 1 unspecified atom stereocenters. The number of amides is 1. The molecule has 1 rings (SSSR count). The van der Waals surface area contributed by atoms with Crippen LogP contribution in [0.3, 0.4) is 0 Å². The highest BCUT2D eigenvalue weighted by atomic mass is 32.1. The van der Waals surface area contributed by atoms with Crippen LogP contribution in [0, 0.1) is 0 Å². The van der Waals surface area contributed by atoms with E-state index in [9.17, 15) is 4.79 Å². The fourth-order valence-corrected chi connectivity index (χ4v) is 1.58. The molecule has 0 N–H and O–H groups in total. The quantitative estimate of drug-likeness (QED) is 0.536. The molecule has 1 amide bonds. The van der Waals surface area contributed by atoms with Crippen molar-refractivity contribution < 1.29 is 9.53 Å². The van der Waals surface area contributed by atoms with Gasteiger partial charge in [-0.1, -0.05) is 12.2 Å². The van der Waals surface area contributed by atoms with E-state index in [-0.39, 0.29) is 12.1 Å². The molecule has 80 valence electrons. The van der Waals surface area contributed by atoms with Gasteiger partial charge in [0.05, 0.1) is 6.04 Å². The van der Waals surface area contributed by atoms with Gasteiger partial charge < -0.3 is 4.74 Å². The molecule has 0 aliphatic carbocycles. The van der Waals surface area contributed by atoms with Crippen LogP contribution < -0.4 is 0 Å². The van der Waals surface area contributed by atoms with Gasteiger partial charge in [0.15, 0.2) is 0 Å². The normalized spacial score (nSPS) is 21.4. The Morgan fingerprint density at radius 2 is 2.29 bits per heavy atom. The fourth-order valence-electron chi connectivity index (χ4n) is 1.26. The summed E-state index contributed by atoms with van der Waals surface area (Å²) in [4.78, 5) is 13.3. The van der Waals surface area contributed by atoms with Crippen LogP contribution in [0.1, 0.15) is 20.8 Å². The van der Waals surface area contributed by atoms with E-state index in [1.807, 2.05) is 32.9 Å². The Morgan fingerprint density at radius 3 is 2.79 bits per heavy atom. The van der Waals surface area contributed by atoms with Crippen molar-refractivity contribution in [1.29, 1.82) is 0 Å². The molecule has 0 bridgehead atoms. The molecule has 1 aliphatic rings. The van der Waals surface area contributed by atoms with Crippen molar-refractivity contribution in [3.63, 3.8) is 0 Å². The molecule has 1 heterocycles. The summed E-state index contributed by atoms with van der Waals surface area (Å²) in [7, 11) is 0. The summed E-state index contributed by atoms with van der Waals surface area (Å²) in [5.74, 6) is 0.635. The molecular weight excluding hydrogens is 198 g/mol. The van der Waals surface area contributed by atoms with Crippen molar-refractivity contribution in [2.45, 2.75) is 32.4 Å². The average molecular weight is 215 g/mol. The summed E-state index contributed by atoms with van der Waals surface area (Å²) < 4.78 is 5.27. The first-order valence-electron chi connectivity index (χ1n) is 4.71. The molecule has 1 atom stereocenters. The molecule has 0 aromatic heterocycles. The SMILES string of the molecule is CC(C)(C)OC(=O)N1CC=CC1CS. The van der Waals surface area contributed by atoms with Crippen LogP contribution in [-0.4, -0.2) is 34.9 Å². The van der Waals surface area contributed by atoms with Gasteiger partial charge in [-0.2, -0.15) is 12.6 Å². The summed E-state index contributed by atoms with van der Waals surface area (Å²) >= 11 is 4.18. The van der Waals surface area contributed by atoms with E-state index in [0.29, 0.717) is 12.3 Å². The molecule has 0 fully saturated rings. The van der Waals surface area contributed by atoms with Gasteiger partial charge in [0.2, 0.25) is 0 Å². The highest BCUT2D eigenvalue weighted by Crippen LogP contribution is 2.16. The highest BCUT2D eigenvalue weighted by Gasteiger charge is 2.27. The van der Waals surface area contributed by atoms with E-state index in [0.717, 1.165) is 0 Å². The van der Waals surface area contributed by atoms with Gasteiger partial charge >= 0.3 is 6.09 Å². The smallest absolute Gasteiger partial charge is 0.411 e. The van der Waals surface area contributed by atoms with E-state index >= 15 is 0 Å². The third-order valence-corrected chi connectivity index (χ3v) is 2.25. The topological polar surface area (TPSA) is 29.5 Å². The Hall–Kier alpha value is -0.640. The number of carbonyl (C=O) groups is 1. The number of nitrogens with zero attached hydrogens (tertiary/aromatic N) is 1. The lowest BCUT2D eigenvalue weighted by atomic mass is 10.2. The number of hydrogen-bond acceptors (Lipinski definition) is 3. The van der Waals surface area contributed by atoms with Crippen molar-refractivity contribution in [2.24, 2.45) is 0 Å². The van der Waals surface area contributed by atoms with Crippen LogP contribution >= 0.6 is 12.6 Å². The molecule has 14 heavy (non-hydrogen) atoms. The van der Waals surface area contributed by atoms with Crippen molar-refractivity contribution in [3.05, 3.63) is 12.2 Å². The van der Waals surface area contributed by atoms with Crippen LogP contribution in [0.2, 0.25) is 0 Å². The van der Waals surface area contributed by atoms with E-state index in [1.54, 1.807) is 4.90 Å².